The second-order valence-corrected chi connectivity index (χ2v) is 32.8. The van der Waals surface area contributed by atoms with Crippen LogP contribution in [0.4, 0.5) is 0 Å². The van der Waals surface area contributed by atoms with Gasteiger partial charge < -0.3 is 20.9 Å². The normalized spacial score (nSPS) is 13.8. The quantitative estimate of drug-likeness (QED) is 0.389. The van der Waals surface area contributed by atoms with Crippen LogP contribution in [0, 0.1) is 0 Å². The van der Waals surface area contributed by atoms with Crippen LogP contribution in [0.2, 0.25) is 85.1 Å². The monoisotopic (exact) mass is 510 g/mol. The molecule has 0 aromatic carbocycles. The first-order valence-corrected chi connectivity index (χ1v) is 28.2. The van der Waals surface area contributed by atoms with Crippen molar-refractivity contribution >= 4 is 65.3 Å². The lowest BCUT2D eigenvalue weighted by Crippen LogP contribution is -2.56. The summed E-state index contributed by atoms with van der Waals surface area (Å²) in [5.41, 5.74) is 0. The van der Waals surface area contributed by atoms with E-state index >= 15 is 0 Å². The van der Waals surface area contributed by atoms with Crippen LogP contribution in [0.1, 0.15) is 13.8 Å². The molecular formula is C16H48B2O5Si6. The summed E-state index contributed by atoms with van der Waals surface area (Å²) in [5, 5.41) is 0. The van der Waals surface area contributed by atoms with E-state index < -0.39 is 50.4 Å². The maximum absolute atomic E-state index is 6.12. The van der Waals surface area contributed by atoms with Crippen LogP contribution in [-0.4, -0.2) is 72.4 Å². The van der Waals surface area contributed by atoms with Gasteiger partial charge in [-0.05, 0) is 58.9 Å². The van der Waals surface area contributed by atoms with Crippen molar-refractivity contribution < 1.29 is 20.9 Å². The molecule has 4 radical (unpaired) electrons. The van der Waals surface area contributed by atoms with Crippen molar-refractivity contribution in [3.05, 3.63) is 0 Å². The molecule has 0 aromatic heterocycles. The minimum absolute atomic E-state index is 1.38. The molecule has 0 spiro atoms. The highest BCUT2D eigenvalue weighted by Gasteiger charge is 2.40. The van der Waals surface area contributed by atoms with Gasteiger partial charge in [0.05, 0.1) is 14.9 Å². The topological polar surface area (TPSA) is 46.2 Å². The summed E-state index contributed by atoms with van der Waals surface area (Å²) >= 11 is 0. The zero-order valence-corrected chi connectivity index (χ0v) is 28.2. The van der Waals surface area contributed by atoms with E-state index in [2.05, 4.69) is 32.7 Å². The Balaban J connectivity index is -0.000000479. The van der Waals surface area contributed by atoms with Crippen LogP contribution in [0.5, 0.6) is 0 Å². The van der Waals surface area contributed by atoms with E-state index in [1.165, 1.54) is 0 Å². The van der Waals surface area contributed by atoms with Crippen LogP contribution < -0.4 is 0 Å². The van der Waals surface area contributed by atoms with Crippen molar-refractivity contribution in [3.63, 3.8) is 0 Å². The van der Waals surface area contributed by atoms with E-state index in [9.17, 15) is 0 Å². The van der Waals surface area contributed by atoms with E-state index in [-0.39, 0.29) is 0 Å². The van der Waals surface area contributed by atoms with Gasteiger partial charge in [0.25, 0.3) is 0 Å². The summed E-state index contributed by atoms with van der Waals surface area (Å²) < 4.78 is 29.1. The third kappa shape index (κ3) is 27.2. The van der Waals surface area contributed by atoms with Crippen molar-refractivity contribution in [3.8, 4) is 0 Å². The first kappa shape index (κ1) is 34.8. The van der Waals surface area contributed by atoms with Crippen molar-refractivity contribution in [2.24, 2.45) is 0 Å². The second-order valence-electron chi connectivity index (χ2n) is 10.1. The Morgan fingerprint density at radius 3 is 0.862 bits per heavy atom. The molecule has 0 heterocycles. The van der Waals surface area contributed by atoms with Crippen LogP contribution in [-0.2, 0) is 20.9 Å². The zero-order chi connectivity index (χ0) is 24.5. The third-order valence-electron chi connectivity index (χ3n) is 2.55. The SMILES string of the molecule is CC.CO[Si](C)(C)O[Si](C)(C)C.[B][Si](C)(C)O[Si](C)(C)O[Si](C)(C)O[Si]([B])(C)C. The first-order chi connectivity index (χ1) is 12.4. The molecule has 13 heteroatoms. The van der Waals surface area contributed by atoms with Gasteiger partial charge in [-0.3, -0.25) is 0 Å². The highest BCUT2D eigenvalue weighted by atomic mass is 28.5. The van der Waals surface area contributed by atoms with E-state index in [1.807, 2.05) is 66.2 Å². The van der Waals surface area contributed by atoms with Gasteiger partial charge in [-0.1, -0.05) is 40.0 Å². The van der Waals surface area contributed by atoms with Crippen LogP contribution in [0.15, 0.2) is 0 Å². The second kappa shape index (κ2) is 13.1. The fraction of sp³-hybridized carbons (Fsp3) is 1.00. The fourth-order valence-corrected chi connectivity index (χ4v) is 24.9. The smallest absolute Gasteiger partial charge is 0.321 e. The van der Waals surface area contributed by atoms with Crippen molar-refractivity contribution in [1.29, 1.82) is 0 Å². The molecule has 0 aliphatic rings. The van der Waals surface area contributed by atoms with Gasteiger partial charge in [-0.2, -0.15) is 0 Å². The predicted molar refractivity (Wildman–Crippen MR) is 145 cm³/mol. The maximum Gasteiger partial charge on any atom is 0.321 e. The molecule has 0 aliphatic carbocycles. The lowest BCUT2D eigenvalue weighted by molar-refractivity contribution is 0.311. The Bertz CT molecular complexity index is 421. The van der Waals surface area contributed by atoms with Gasteiger partial charge in [0.2, 0.25) is 0 Å². The standard InChI is InChI=1S/C8H24B2O3Si4.C6H18O2Si2.C2H6/c1-14(2,9)11-16(5,6)13-17(7,8)12-15(3,4)10;1-7-10(5,6)8-9(2,3)4;1-2/h1-8H3;1-6H3;1-2H3. The lowest BCUT2D eigenvalue weighted by atomic mass is 10.7. The molecule has 172 valence electrons. The summed E-state index contributed by atoms with van der Waals surface area (Å²) in [5.74, 6) is 0. The van der Waals surface area contributed by atoms with Crippen LogP contribution in [0.25, 0.3) is 0 Å². The summed E-state index contributed by atoms with van der Waals surface area (Å²) in [6.45, 7) is 30.6. The highest BCUT2D eigenvalue weighted by Crippen LogP contribution is 2.22. The largest absolute Gasteiger partial charge is 0.445 e. The van der Waals surface area contributed by atoms with Gasteiger partial charge in [-0.15, -0.1) is 0 Å². The van der Waals surface area contributed by atoms with Crippen LogP contribution in [0.3, 0.4) is 0 Å². The number of rotatable bonds is 9. The average Bonchev–Trinajstić information content (AvgIpc) is 2.31. The van der Waals surface area contributed by atoms with E-state index in [0.29, 0.717) is 0 Å². The van der Waals surface area contributed by atoms with Crippen LogP contribution >= 0.6 is 0 Å². The molecule has 0 unspecified atom stereocenters. The molecule has 0 fully saturated rings. The van der Waals surface area contributed by atoms with Gasteiger partial charge in [0, 0.05) is 7.11 Å². The molecule has 0 rings (SSSR count). The minimum atomic E-state index is -2.23. The lowest BCUT2D eigenvalue weighted by Gasteiger charge is -2.40. The van der Waals surface area contributed by atoms with Gasteiger partial charge >= 0.3 is 25.7 Å². The molecule has 0 aliphatic heterocycles. The molecule has 29 heavy (non-hydrogen) atoms. The highest BCUT2D eigenvalue weighted by molar-refractivity contribution is 7.15. The molecule has 0 aromatic rings. The van der Waals surface area contributed by atoms with Crippen molar-refractivity contribution in [2.75, 3.05) is 7.11 Å². The third-order valence-corrected chi connectivity index (χ3v) is 20.0. The molecule has 0 amide bonds. The van der Waals surface area contributed by atoms with Gasteiger partial charge in [0.1, 0.15) is 16.4 Å². The Labute approximate surface area is 191 Å². The van der Waals surface area contributed by atoms with Gasteiger partial charge in [0.15, 0.2) is 8.32 Å². The van der Waals surface area contributed by atoms with E-state index in [4.69, 9.17) is 35.8 Å². The first-order valence-electron chi connectivity index (χ1n) is 10.3. The Morgan fingerprint density at radius 2 is 0.724 bits per heavy atom. The molecule has 0 saturated heterocycles. The van der Waals surface area contributed by atoms with Gasteiger partial charge in [-0.25, -0.2) is 0 Å². The van der Waals surface area contributed by atoms with E-state index in [1.54, 1.807) is 7.11 Å². The summed E-state index contributed by atoms with van der Waals surface area (Å²) in [6.07, 6.45) is 0. The molecule has 5 nitrogen and oxygen atoms in total. The number of hydrogen-bond donors (Lipinski definition) is 0. The predicted octanol–water partition coefficient (Wildman–Crippen LogP) is 5.39. The summed E-state index contributed by atoms with van der Waals surface area (Å²) in [7, 11) is 1.99. The maximum atomic E-state index is 6.12. The molecule has 0 saturated carbocycles. The Morgan fingerprint density at radius 1 is 0.448 bits per heavy atom. The Kier molecular flexibility index (Phi) is 15.7. The summed E-state index contributed by atoms with van der Waals surface area (Å²) in [6, 6.07) is 0. The molecule has 0 bridgehead atoms. The fourth-order valence-electron chi connectivity index (χ4n) is 2.68. The molecule has 0 N–H and O–H groups in total. The number of hydrogen-bond acceptors (Lipinski definition) is 5. The molecular weight excluding hydrogens is 462 g/mol. The van der Waals surface area contributed by atoms with Crippen molar-refractivity contribution in [1.82, 2.24) is 0 Å². The Hall–Kier alpha value is 1.23. The molecule has 0 atom stereocenters. The van der Waals surface area contributed by atoms with E-state index in [0.717, 1.165) is 0 Å². The minimum Gasteiger partial charge on any atom is -0.445 e. The van der Waals surface area contributed by atoms with Crippen molar-refractivity contribution in [2.45, 2.75) is 99.0 Å². The summed E-state index contributed by atoms with van der Waals surface area (Å²) in [4.78, 5) is 0. The zero-order valence-electron chi connectivity index (χ0n) is 22.2. The average molecular weight is 511 g/mol.